The van der Waals surface area contributed by atoms with Crippen LogP contribution >= 0.6 is 0 Å². The number of para-hydroxylation sites is 2. The van der Waals surface area contributed by atoms with Crippen molar-refractivity contribution >= 4 is 11.6 Å². The Hall–Kier alpha value is -3.34. The highest BCUT2D eigenvalue weighted by Crippen LogP contribution is 2.22. The molecule has 0 fully saturated rings. The summed E-state index contributed by atoms with van der Waals surface area (Å²) >= 11 is 0. The van der Waals surface area contributed by atoms with E-state index in [9.17, 15) is 9.18 Å². The summed E-state index contributed by atoms with van der Waals surface area (Å²) in [5.41, 5.74) is 1.59. The van der Waals surface area contributed by atoms with Crippen LogP contribution < -0.4 is 14.8 Å². The summed E-state index contributed by atoms with van der Waals surface area (Å²) in [5.74, 6) is 0.441. The highest BCUT2D eigenvalue weighted by molar-refractivity contribution is 6.06. The Morgan fingerprint density at radius 1 is 0.926 bits per heavy atom. The van der Waals surface area contributed by atoms with Crippen LogP contribution in [-0.2, 0) is 0 Å². The average Bonchev–Trinajstić information content (AvgIpc) is 2.69. The number of ether oxygens (including phenoxy) is 2. The summed E-state index contributed by atoms with van der Waals surface area (Å²) in [4.78, 5) is 12.6. The van der Waals surface area contributed by atoms with E-state index >= 15 is 0 Å². The van der Waals surface area contributed by atoms with Crippen molar-refractivity contribution in [2.45, 2.75) is 6.92 Å². The second kappa shape index (κ2) is 8.85. The van der Waals surface area contributed by atoms with Gasteiger partial charge in [-0.15, -0.1) is 0 Å². The fourth-order valence-electron chi connectivity index (χ4n) is 2.53. The number of anilines is 1. The SMILES string of the molecule is Cc1ccc(F)cc1NC(=O)c1ccccc1OCCOc1ccccc1. The van der Waals surface area contributed by atoms with Gasteiger partial charge in [0, 0.05) is 5.69 Å². The lowest BCUT2D eigenvalue weighted by Gasteiger charge is -2.13. The van der Waals surface area contributed by atoms with Crippen LogP contribution in [0.2, 0.25) is 0 Å². The van der Waals surface area contributed by atoms with Gasteiger partial charge in [0.15, 0.2) is 0 Å². The van der Waals surface area contributed by atoms with Crippen molar-refractivity contribution in [3.05, 3.63) is 89.7 Å². The monoisotopic (exact) mass is 365 g/mol. The Morgan fingerprint density at radius 2 is 1.63 bits per heavy atom. The molecule has 0 bridgehead atoms. The fourth-order valence-corrected chi connectivity index (χ4v) is 2.53. The Morgan fingerprint density at radius 3 is 2.44 bits per heavy atom. The van der Waals surface area contributed by atoms with E-state index in [1.807, 2.05) is 30.3 Å². The lowest BCUT2D eigenvalue weighted by Crippen LogP contribution is -2.16. The summed E-state index contributed by atoms with van der Waals surface area (Å²) in [6, 6.07) is 20.6. The van der Waals surface area contributed by atoms with Crippen LogP contribution in [0.1, 0.15) is 15.9 Å². The molecule has 3 aromatic carbocycles. The predicted molar refractivity (Wildman–Crippen MR) is 103 cm³/mol. The Bertz CT molecular complexity index is 912. The van der Waals surface area contributed by atoms with Gasteiger partial charge < -0.3 is 14.8 Å². The van der Waals surface area contributed by atoms with E-state index in [2.05, 4.69) is 5.32 Å². The number of hydrogen-bond acceptors (Lipinski definition) is 3. The van der Waals surface area contributed by atoms with E-state index in [-0.39, 0.29) is 12.5 Å². The zero-order chi connectivity index (χ0) is 19.1. The molecule has 1 N–H and O–H groups in total. The molecule has 138 valence electrons. The van der Waals surface area contributed by atoms with Crippen LogP contribution in [0.5, 0.6) is 11.5 Å². The van der Waals surface area contributed by atoms with Gasteiger partial charge in [-0.2, -0.15) is 0 Å². The lowest BCUT2D eigenvalue weighted by atomic mass is 10.1. The maximum Gasteiger partial charge on any atom is 0.259 e. The third-order valence-corrected chi connectivity index (χ3v) is 3.93. The van der Waals surface area contributed by atoms with Gasteiger partial charge in [0.25, 0.3) is 5.91 Å². The van der Waals surface area contributed by atoms with Crippen molar-refractivity contribution in [1.82, 2.24) is 0 Å². The van der Waals surface area contributed by atoms with Crippen LogP contribution in [0.25, 0.3) is 0 Å². The van der Waals surface area contributed by atoms with Crippen molar-refractivity contribution in [3.63, 3.8) is 0 Å². The number of amides is 1. The molecular formula is C22H20FNO3. The normalized spacial score (nSPS) is 10.3. The first-order valence-corrected chi connectivity index (χ1v) is 8.60. The number of halogens is 1. The molecule has 0 spiro atoms. The maximum absolute atomic E-state index is 13.4. The summed E-state index contributed by atoms with van der Waals surface area (Å²) in [6.45, 7) is 2.44. The molecule has 0 radical (unpaired) electrons. The number of benzene rings is 3. The highest BCUT2D eigenvalue weighted by Gasteiger charge is 2.13. The number of rotatable bonds is 7. The molecule has 5 heteroatoms. The summed E-state index contributed by atoms with van der Waals surface area (Å²) < 4.78 is 24.7. The molecule has 0 atom stereocenters. The van der Waals surface area contributed by atoms with Crippen molar-refractivity contribution < 1.29 is 18.7 Å². The molecule has 4 nitrogen and oxygen atoms in total. The van der Waals surface area contributed by atoms with E-state index in [1.165, 1.54) is 12.1 Å². The van der Waals surface area contributed by atoms with Gasteiger partial charge in [0.2, 0.25) is 0 Å². The molecule has 3 aromatic rings. The largest absolute Gasteiger partial charge is 0.490 e. The third-order valence-electron chi connectivity index (χ3n) is 3.93. The van der Waals surface area contributed by atoms with Crippen molar-refractivity contribution in [2.75, 3.05) is 18.5 Å². The number of hydrogen-bond donors (Lipinski definition) is 1. The first-order chi connectivity index (χ1) is 13.1. The van der Waals surface area contributed by atoms with Gasteiger partial charge in [-0.1, -0.05) is 36.4 Å². The first kappa shape index (κ1) is 18.5. The zero-order valence-electron chi connectivity index (χ0n) is 14.9. The van der Waals surface area contributed by atoms with Gasteiger partial charge in [-0.05, 0) is 48.9 Å². The van der Waals surface area contributed by atoms with E-state index in [4.69, 9.17) is 9.47 Å². The smallest absolute Gasteiger partial charge is 0.259 e. The minimum Gasteiger partial charge on any atom is -0.490 e. The van der Waals surface area contributed by atoms with Gasteiger partial charge in [-0.3, -0.25) is 4.79 Å². The molecular weight excluding hydrogens is 345 g/mol. The molecule has 0 heterocycles. The Kier molecular flexibility index (Phi) is 6.05. The van der Waals surface area contributed by atoms with Crippen LogP contribution in [0, 0.1) is 12.7 Å². The highest BCUT2D eigenvalue weighted by atomic mass is 19.1. The van der Waals surface area contributed by atoms with E-state index in [1.54, 1.807) is 37.3 Å². The van der Waals surface area contributed by atoms with Gasteiger partial charge >= 0.3 is 0 Å². The van der Waals surface area contributed by atoms with Gasteiger partial charge in [-0.25, -0.2) is 4.39 Å². The number of carbonyl (C=O) groups excluding carboxylic acids is 1. The second-order valence-electron chi connectivity index (χ2n) is 5.92. The quantitative estimate of drug-likeness (QED) is 0.609. The molecule has 0 aliphatic heterocycles. The minimum atomic E-state index is -0.404. The molecule has 3 rings (SSSR count). The van der Waals surface area contributed by atoms with E-state index in [0.29, 0.717) is 23.6 Å². The lowest BCUT2D eigenvalue weighted by molar-refractivity contribution is 0.102. The molecule has 0 aliphatic carbocycles. The number of nitrogens with one attached hydrogen (secondary N) is 1. The second-order valence-corrected chi connectivity index (χ2v) is 5.92. The van der Waals surface area contributed by atoms with Gasteiger partial charge in [0.1, 0.15) is 30.5 Å². The van der Waals surface area contributed by atoms with Gasteiger partial charge in [0.05, 0.1) is 5.56 Å². The van der Waals surface area contributed by atoms with Crippen LogP contribution in [0.15, 0.2) is 72.8 Å². The molecule has 27 heavy (non-hydrogen) atoms. The summed E-state index contributed by atoms with van der Waals surface area (Å²) in [5, 5.41) is 2.73. The van der Waals surface area contributed by atoms with Crippen molar-refractivity contribution in [2.24, 2.45) is 0 Å². The predicted octanol–water partition coefficient (Wildman–Crippen LogP) is 4.84. The van der Waals surface area contributed by atoms with E-state index in [0.717, 1.165) is 11.3 Å². The van der Waals surface area contributed by atoms with Crippen LogP contribution in [0.3, 0.4) is 0 Å². The van der Waals surface area contributed by atoms with Crippen LogP contribution in [-0.4, -0.2) is 19.1 Å². The number of carbonyl (C=O) groups is 1. The van der Waals surface area contributed by atoms with Crippen molar-refractivity contribution in [1.29, 1.82) is 0 Å². The van der Waals surface area contributed by atoms with E-state index < -0.39 is 5.82 Å². The molecule has 0 saturated heterocycles. The molecule has 0 aromatic heterocycles. The number of aryl methyl sites for hydroxylation is 1. The standard InChI is InChI=1S/C22H20FNO3/c1-16-11-12-17(23)15-20(16)24-22(25)19-9-5-6-10-21(19)27-14-13-26-18-7-3-2-4-8-18/h2-12,15H,13-14H2,1H3,(H,24,25). The molecule has 0 saturated carbocycles. The molecule has 1 amide bonds. The summed E-state index contributed by atoms with van der Waals surface area (Å²) in [7, 11) is 0. The Labute approximate surface area is 157 Å². The molecule has 0 unspecified atom stereocenters. The fraction of sp³-hybridized carbons (Fsp3) is 0.136. The Balaban J connectivity index is 1.62. The van der Waals surface area contributed by atoms with Crippen LogP contribution in [0.4, 0.5) is 10.1 Å². The summed E-state index contributed by atoms with van der Waals surface area (Å²) in [6.07, 6.45) is 0. The third kappa shape index (κ3) is 5.07. The maximum atomic E-state index is 13.4. The topological polar surface area (TPSA) is 47.6 Å². The van der Waals surface area contributed by atoms with Crippen molar-refractivity contribution in [3.8, 4) is 11.5 Å². The minimum absolute atomic E-state index is 0.290. The average molecular weight is 365 g/mol. The molecule has 0 aliphatic rings. The first-order valence-electron chi connectivity index (χ1n) is 8.60. The zero-order valence-corrected chi connectivity index (χ0v) is 14.9.